The molecule has 2 aromatic carbocycles. The van der Waals surface area contributed by atoms with Gasteiger partial charge in [-0.15, -0.1) is 0 Å². The van der Waals surface area contributed by atoms with Gasteiger partial charge in [0.05, 0.1) is 18.5 Å². The molecule has 0 saturated heterocycles. The molecule has 5 nitrogen and oxygen atoms in total. The first-order chi connectivity index (χ1) is 12.7. The summed E-state index contributed by atoms with van der Waals surface area (Å²) >= 11 is 0. The number of hydrogen-bond acceptors (Lipinski definition) is 4. The van der Waals surface area contributed by atoms with Gasteiger partial charge < -0.3 is 9.84 Å². The van der Waals surface area contributed by atoms with E-state index < -0.39 is 0 Å². The maximum Gasteiger partial charge on any atom is 0.156 e. The SMILES string of the molecule is CCc1ccc(O)c(-c2ccnc3cc(-c4ccc(OC)cc4)nn23)c1. The number of benzene rings is 2. The average molecular weight is 345 g/mol. The van der Waals surface area contributed by atoms with Crippen LogP contribution in [0.2, 0.25) is 0 Å². The lowest BCUT2D eigenvalue weighted by Crippen LogP contribution is -1.96. The molecule has 26 heavy (non-hydrogen) atoms. The molecule has 4 aromatic rings. The van der Waals surface area contributed by atoms with Crippen molar-refractivity contribution in [2.45, 2.75) is 13.3 Å². The highest BCUT2D eigenvalue weighted by atomic mass is 16.5. The first-order valence-electron chi connectivity index (χ1n) is 8.51. The summed E-state index contributed by atoms with van der Waals surface area (Å²) in [4.78, 5) is 4.41. The molecular weight excluding hydrogens is 326 g/mol. The number of aromatic hydroxyl groups is 1. The van der Waals surface area contributed by atoms with Crippen molar-refractivity contribution in [1.29, 1.82) is 0 Å². The van der Waals surface area contributed by atoms with Crippen molar-refractivity contribution in [3.8, 4) is 34.0 Å². The second-order valence-corrected chi connectivity index (χ2v) is 6.06. The van der Waals surface area contributed by atoms with E-state index in [1.54, 1.807) is 23.9 Å². The summed E-state index contributed by atoms with van der Waals surface area (Å²) in [5, 5.41) is 15.1. The van der Waals surface area contributed by atoms with Crippen molar-refractivity contribution in [2.75, 3.05) is 7.11 Å². The molecule has 0 aliphatic heterocycles. The van der Waals surface area contributed by atoms with Crippen LogP contribution in [0.4, 0.5) is 0 Å². The number of methoxy groups -OCH3 is 1. The van der Waals surface area contributed by atoms with Gasteiger partial charge in [0.25, 0.3) is 0 Å². The van der Waals surface area contributed by atoms with E-state index in [4.69, 9.17) is 9.84 Å². The van der Waals surface area contributed by atoms with Crippen LogP contribution in [0.15, 0.2) is 60.8 Å². The number of rotatable bonds is 4. The van der Waals surface area contributed by atoms with Crippen molar-refractivity contribution in [1.82, 2.24) is 14.6 Å². The van der Waals surface area contributed by atoms with Gasteiger partial charge in [-0.3, -0.25) is 0 Å². The van der Waals surface area contributed by atoms with Crippen molar-refractivity contribution in [3.05, 3.63) is 66.4 Å². The zero-order chi connectivity index (χ0) is 18.1. The Hall–Kier alpha value is -3.34. The average Bonchev–Trinajstić information content (AvgIpc) is 3.13. The largest absolute Gasteiger partial charge is 0.507 e. The predicted octanol–water partition coefficient (Wildman–Crippen LogP) is 4.34. The van der Waals surface area contributed by atoms with Crippen LogP contribution in [0.5, 0.6) is 11.5 Å². The molecule has 1 N–H and O–H groups in total. The second-order valence-electron chi connectivity index (χ2n) is 6.06. The van der Waals surface area contributed by atoms with E-state index in [1.807, 2.05) is 48.5 Å². The normalized spacial score (nSPS) is 11.0. The Balaban J connectivity index is 1.86. The molecule has 0 aliphatic rings. The highest BCUT2D eigenvalue weighted by molar-refractivity contribution is 5.72. The van der Waals surface area contributed by atoms with Gasteiger partial charge in [-0.1, -0.05) is 13.0 Å². The molecule has 5 heteroatoms. The van der Waals surface area contributed by atoms with E-state index in [0.717, 1.165) is 45.9 Å². The standard InChI is InChI=1S/C21H19N3O2/c1-3-14-4-9-20(25)17(12-14)19-10-11-22-21-13-18(23-24(19)21)15-5-7-16(26-2)8-6-15/h4-13,25H,3H2,1-2H3. The maximum atomic E-state index is 10.3. The summed E-state index contributed by atoms with van der Waals surface area (Å²) in [7, 11) is 1.65. The molecule has 130 valence electrons. The lowest BCUT2D eigenvalue weighted by Gasteiger charge is -2.08. The van der Waals surface area contributed by atoms with Crippen LogP contribution in [-0.4, -0.2) is 26.8 Å². The molecule has 0 unspecified atom stereocenters. The molecule has 4 rings (SSSR count). The number of fused-ring (bicyclic) bond motifs is 1. The first-order valence-corrected chi connectivity index (χ1v) is 8.51. The summed E-state index contributed by atoms with van der Waals surface area (Å²) < 4.78 is 6.98. The van der Waals surface area contributed by atoms with Gasteiger partial charge >= 0.3 is 0 Å². The zero-order valence-corrected chi connectivity index (χ0v) is 14.7. The maximum absolute atomic E-state index is 10.3. The fraction of sp³-hybridized carbons (Fsp3) is 0.143. The van der Waals surface area contributed by atoms with Gasteiger partial charge in [-0.25, -0.2) is 9.50 Å². The minimum atomic E-state index is 0.233. The topological polar surface area (TPSA) is 59.7 Å². The molecule has 0 fully saturated rings. The molecule has 0 radical (unpaired) electrons. The van der Waals surface area contributed by atoms with Crippen LogP contribution in [0.25, 0.3) is 28.2 Å². The van der Waals surface area contributed by atoms with Gasteiger partial charge in [0.2, 0.25) is 0 Å². The van der Waals surface area contributed by atoms with Gasteiger partial charge in [0.15, 0.2) is 5.65 Å². The van der Waals surface area contributed by atoms with Gasteiger partial charge in [-0.05, 0) is 54.4 Å². The van der Waals surface area contributed by atoms with Gasteiger partial charge in [0, 0.05) is 23.4 Å². The predicted molar refractivity (Wildman–Crippen MR) is 101 cm³/mol. The number of phenols is 1. The fourth-order valence-electron chi connectivity index (χ4n) is 3.01. The van der Waals surface area contributed by atoms with E-state index in [0.29, 0.717) is 0 Å². The Morgan fingerprint density at radius 1 is 1.04 bits per heavy atom. The monoisotopic (exact) mass is 345 g/mol. The molecular formula is C21H19N3O2. The number of nitrogens with zero attached hydrogens (tertiary/aromatic N) is 3. The number of aromatic nitrogens is 3. The molecule has 0 bridgehead atoms. The number of ether oxygens (including phenoxy) is 1. The Labute approximate surface area is 151 Å². The number of hydrogen-bond donors (Lipinski definition) is 1. The highest BCUT2D eigenvalue weighted by Crippen LogP contribution is 2.31. The number of aryl methyl sites for hydroxylation is 1. The Morgan fingerprint density at radius 2 is 1.85 bits per heavy atom. The summed E-state index contributed by atoms with van der Waals surface area (Å²) in [5.41, 5.74) is 5.25. The fourth-order valence-corrected chi connectivity index (χ4v) is 3.01. The quantitative estimate of drug-likeness (QED) is 0.598. The van der Waals surface area contributed by atoms with Crippen LogP contribution in [0, 0.1) is 0 Å². The molecule has 2 aromatic heterocycles. The van der Waals surface area contributed by atoms with Crippen LogP contribution < -0.4 is 4.74 Å². The van der Waals surface area contributed by atoms with E-state index >= 15 is 0 Å². The summed E-state index contributed by atoms with van der Waals surface area (Å²) in [6.45, 7) is 2.09. The Kier molecular flexibility index (Phi) is 4.05. The third-order valence-electron chi connectivity index (χ3n) is 4.49. The van der Waals surface area contributed by atoms with Crippen LogP contribution in [0.1, 0.15) is 12.5 Å². The Bertz CT molecular complexity index is 1070. The van der Waals surface area contributed by atoms with E-state index in [1.165, 1.54) is 0 Å². The van der Waals surface area contributed by atoms with Gasteiger partial charge in [0.1, 0.15) is 11.5 Å². The summed E-state index contributed by atoms with van der Waals surface area (Å²) in [6.07, 6.45) is 2.64. The zero-order valence-electron chi connectivity index (χ0n) is 14.7. The van der Waals surface area contributed by atoms with Gasteiger partial charge in [-0.2, -0.15) is 5.10 Å². The lowest BCUT2D eigenvalue weighted by molar-refractivity contribution is 0.415. The van der Waals surface area contributed by atoms with Crippen LogP contribution in [-0.2, 0) is 6.42 Å². The smallest absolute Gasteiger partial charge is 0.156 e. The minimum Gasteiger partial charge on any atom is -0.507 e. The van der Waals surface area contributed by atoms with Crippen molar-refractivity contribution in [2.24, 2.45) is 0 Å². The molecule has 0 aliphatic carbocycles. The first kappa shape index (κ1) is 16.1. The lowest BCUT2D eigenvalue weighted by atomic mass is 10.1. The summed E-state index contributed by atoms with van der Waals surface area (Å²) in [5.74, 6) is 1.04. The molecule has 0 atom stereocenters. The van der Waals surface area contributed by atoms with E-state index in [2.05, 4.69) is 11.9 Å². The number of phenolic OH excluding ortho intramolecular Hbond substituents is 1. The van der Waals surface area contributed by atoms with Crippen molar-refractivity contribution < 1.29 is 9.84 Å². The molecule has 0 spiro atoms. The third kappa shape index (κ3) is 2.77. The van der Waals surface area contributed by atoms with Crippen LogP contribution in [0.3, 0.4) is 0 Å². The molecule has 0 saturated carbocycles. The molecule has 2 heterocycles. The van der Waals surface area contributed by atoms with Crippen molar-refractivity contribution >= 4 is 5.65 Å². The minimum absolute atomic E-state index is 0.233. The molecule has 0 amide bonds. The summed E-state index contributed by atoms with van der Waals surface area (Å²) in [6, 6.07) is 17.2. The van der Waals surface area contributed by atoms with Crippen molar-refractivity contribution in [3.63, 3.8) is 0 Å². The second kappa shape index (κ2) is 6.52. The third-order valence-corrected chi connectivity index (χ3v) is 4.49. The van der Waals surface area contributed by atoms with E-state index in [-0.39, 0.29) is 5.75 Å². The van der Waals surface area contributed by atoms with E-state index in [9.17, 15) is 5.11 Å². The Morgan fingerprint density at radius 3 is 2.58 bits per heavy atom. The highest BCUT2D eigenvalue weighted by Gasteiger charge is 2.13. The van der Waals surface area contributed by atoms with Crippen LogP contribution >= 0.6 is 0 Å².